The van der Waals surface area contributed by atoms with Crippen molar-refractivity contribution in [3.05, 3.63) is 87.0 Å². The molecule has 1 aliphatic rings. The molecule has 0 aliphatic carbocycles. The first-order valence-electron chi connectivity index (χ1n) is 11.8. The second-order valence-electron chi connectivity index (χ2n) is 8.74. The fourth-order valence-corrected chi connectivity index (χ4v) is 6.78. The number of amidine groups is 1. The number of amides is 1. The Morgan fingerprint density at radius 1 is 1.16 bits per heavy atom. The van der Waals surface area contributed by atoms with Crippen molar-refractivity contribution in [1.29, 1.82) is 0 Å². The van der Waals surface area contributed by atoms with E-state index in [1.807, 2.05) is 30.3 Å². The number of aromatic nitrogens is 1. The summed E-state index contributed by atoms with van der Waals surface area (Å²) in [6, 6.07) is 16.1. The van der Waals surface area contributed by atoms with Crippen LogP contribution >= 0.6 is 11.3 Å². The van der Waals surface area contributed by atoms with Crippen molar-refractivity contribution < 1.29 is 23.4 Å². The molecule has 38 heavy (non-hydrogen) atoms. The summed E-state index contributed by atoms with van der Waals surface area (Å²) in [5.74, 6) is -1.40. The lowest BCUT2D eigenvalue weighted by atomic mass is 10.1. The van der Waals surface area contributed by atoms with Crippen molar-refractivity contribution in [3.8, 4) is 5.75 Å². The Kier molecular flexibility index (Phi) is 6.78. The van der Waals surface area contributed by atoms with Crippen LogP contribution < -0.4 is 16.2 Å². The molecule has 2 aromatic heterocycles. The molecule has 1 atom stereocenters. The first kappa shape index (κ1) is 25.6. The number of aliphatic hydroxyl groups excluding tert-OH is 1. The van der Waals surface area contributed by atoms with E-state index in [1.165, 1.54) is 9.95 Å². The van der Waals surface area contributed by atoms with Crippen LogP contribution in [-0.2, 0) is 16.6 Å². The highest BCUT2D eigenvalue weighted by molar-refractivity contribution is 7.90. The lowest BCUT2D eigenvalue weighted by Crippen LogP contribution is -2.34. The van der Waals surface area contributed by atoms with Gasteiger partial charge in [-0.25, -0.2) is 0 Å². The van der Waals surface area contributed by atoms with E-state index in [1.54, 1.807) is 31.2 Å². The van der Waals surface area contributed by atoms with Gasteiger partial charge in [-0.15, -0.1) is 15.7 Å². The number of para-hydroxylation sites is 1. The van der Waals surface area contributed by atoms with Crippen molar-refractivity contribution in [3.63, 3.8) is 0 Å². The number of hydrogen-bond acceptors (Lipinski definition) is 8. The number of aromatic hydroxyl groups is 1. The van der Waals surface area contributed by atoms with Crippen LogP contribution in [0.3, 0.4) is 0 Å². The van der Waals surface area contributed by atoms with Gasteiger partial charge < -0.3 is 25.4 Å². The van der Waals surface area contributed by atoms with E-state index in [2.05, 4.69) is 15.0 Å². The lowest BCUT2D eigenvalue weighted by Gasteiger charge is -2.19. The van der Waals surface area contributed by atoms with Crippen molar-refractivity contribution in [2.24, 2.45) is 4.40 Å². The molecule has 4 N–H and O–H groups in total. The van der Waals surface area contributed by atoms with Crippen LogP contribution in [0.5, 0.6) is 5.75 Å². The lowest BCUT2D eigenvalue weighted by molar-refractivity contribution is 0.0911. The molecule has 10 nitrogen and oxygen atoms in total. The molecular weight excluding hydrogens is 528 g/mol. The number of sulfonamides is 1. The molecule has 1 aliphatic heterocycles. The van der Waals surface area contributed by atoms with Crippen LogP contribution in [0, 0.1) is 0 Å². The second kappa shape index (κ2) is 10.0. The van der Waals surface area contributed by atoms with Gasteiger partial charge in [0.15, 0.2) is 5.84 Å². The summed E-state index contributed by atoms with van der Waals surface area (Å²) < 4.78 is 31.8. The van der Waals surface area contributed by atoms with Gasteiger partial charge in [0.2, 0.25) is 0 Å². The Morgan fingerprint density at radius 3 is 2.61 bits per heavy atom. The van der Waals surface area contributed by atoms with Gasteiger partial charge in [-0.2, -0.15) is 8.42 Å². The summed E-state index contributed by atoms with van der Waals surface area (Å²) >= 11 is 0.958. The number of fused-ring (bicyclic) bond motifs is 2. The monoisotopic (exact) mass is 552 g/mol. The van der Waals surface area contributed by atoms with Crippen LogP contribution in [0.15, 0.2) is 74.1 Å². The van der Waals surface area contributed by atoms with Crippen molar-refractivity contribution in [1.82, 2.24) is 9.88 Å². The van der Waals surface area contributed by atoms with E-state index in [-0.39, 0.29) is 39.9 Å². The number of hydrogen-bond donors (Lipinski definition) is 4. The van der Waals surface area contributed by atoms with Crippen molar-refractivity contribution in [2.75, 3.05) is 11.9 Å². The normalized spacial score (nSPS) is 14.8. The second-order valence-corrected chi connectivity index (χ2v) is 11.2. The van der Waals surface area contributed by atoms with Gasteiger partial charge in [0.25, 0.3) is 21.5 Å². The number of rotatable bonds is 7. The van der Waals surface area contributed by atoms with Crippen LogP contribution in [-0.4, -0.2) is 47.6 Å². The van der Waals surface area contributed by atoms with Gasteiger partial charge in [-0.05, 0) is 24.1 Å². The zero-order valence-electron chi connectivity index (χ0n) is 20.2. The molecule has 0 fully saturated rings. The predicted molar refractivity (Wildman–Crippen MR) is 146 cm³/mol. The third-order valence-electron chi connectivity index (χ3n) is 6.23. The molecule has 0 saturated carbocycles. The Labute approximate surface area is 222 Å². The summed E-state index contributed by atoms with van der Waals surface area (Å²) in [6.45, 7) is 1.91. The Hall–Kier alpha value is -4.00. The maximum atomic E-state index is 13.7. The van der Waals surface area contributed by atoms with Crippen molar-refractivity contribution >= 4 is 49.0 Å². The topological polar surface area (TPSA) is 150 Å². The number of anilines is 1. The summed E-state index contributed by atoms with van der Waals surface area (Å²) in [7, 11) is -4.42. The molecule has 0 radical (unpaired) electrons. The third-order valence-corrected chi connectivity index (χ3v) is 8.61. The number of aliphatic hydroxyl groups is 1. The Balaban J connectivity index is 1.61. The van der Waals surface area contributed by atoms with E-state index < -0.39 is 33.3 Å². The Morgan fingerprint density at radius 2 is 1.87 bits per heavy atom. The molecule has 4 aromatic rings. The van der Waals surface area contributed by atoms with E-state index in [9.17, 15) is 28.2 Å². The van der Waals surface area contributed by atoms with E-state index in [0.29, 0.717) is 17.3 Å². The molecule has 3 heterocycles. The molecule has 0 spiro atoms. The minimum atomic E-state index is -4.42. The molecule has 5 rings (SSSR count). The highest BCUT2D eigenvalue weighted by atomic mass is 32.2. The van der Waals surface area contributed by atoms with Gasteiger partial charge in [0.1, 0.15) is 21.2 Å². The Bertz CT molecular complexity index is 1740. The molecule has 196 valence electrons. The first-order valence-corrected chi connectivity index (χ1v) is 14.1. The molecule has 0 bridgehead atoms. The SMILES string of the molecule is CCC(O)CNC(=O)c1csc2c1S(=O)(=O)N=C(c1c(O)c3ccccc3n(Cc3ccccc3)c1=O)N2. The number of nitrogens with zero attached hydrogens (tertiary/aromatic N) is 2. The summed E-state index contributed by atoms with van der Waals surface area (Å²) in [4.78, 5) is 26.1. The molecule has 1 amide bonds. The van der Waals surface area contributed by atoms with Gasteiger partial charge in [0.05, 0.1) is 23.7 Å². The van der Waals surface area contributed by atoms with E-state index >= 15 is 0 Å². The summed E-state index contributed by atoms with van der Waals surface area (Å²) in [5, 5.41) is 28.0. The fraction of sp³-hybridized carbons (Fsp3) is 0.192. The smallest absolute Gasteiger partial charge is 0.288 e. The molecule has 0 saturated heterocycles. The van der Waals surface area contributed by atoms with Crippen LogP contribution in [0.1, 0.15) is 34.8 Å². The maximum absolute atomic E-state index is 13.7. The van der Waals surface area contributed by atoms with Gasteiger partial charge >= 0.3 is 0 Å². The van der Waals surface area contributed by atoms with Gasteiger partial charge in [0, 0.05) is 17.3 Å². The number of nitrogens with one attached hydrogen (secondary N) is 2. The fourth-order valence-electron chi connectivity index (χ4n) is 4.23. The van der Waals surface area contributed by atoms with Gasteiger partial charge in [-0.3, -0.25) is 9.59 Å². The quantitative estimate of drug-likeness (QED) is 0.275. The highest BCUT2D eigenvalue weighted by Gasteiger charge is 2.35. The van der Waals surface area contributed by atoms with Gasteiger partial charge in [-0.1, -0.05) is 49.4 Å². The minimum absolute atomic E-state index is 0.0339. The summed E-state index contributed by atoms with van der Waals surface area (Å²) in [6.07, 6.45) is -0.339. The first-order chi connectivity index (χ1) is 18.2. The minimum Gasteiger partial charge on any atom is -0.506 e. The standard InChI is InChI=1S/C26H24N4O6S2/c1-2-16(31)12-27-24(33)18-14-37-25-22(18)38(35,36)29-23(28-25)20-21(32)17-10-6-7-11-19(17)30(26(20)34)13-15-8-4-3-5-9-15/h3-11,14,16,31-32H,2,12-13H2,1H3,(H,27,33)(H,28,29). The third kappa shape index (κ3) is 4.57. The van der Waals surface area contributed by atoms with Crippen LogP contribution in [0.25, 0.3) is 10.9 Å². The molecular formula is C26H24N4O6S2. The maximum Gasteiger partial charge on any atom is 0.288 e. The van der Waals surface area contributed by atoms with Crippen LogP contribution in [0.4, 0.5) is 5.00 Å². The molecule has 2 aromatic carbocycles. The molecule has 12 heteroatoms. The predicted octanol–water partition coefficient (Wildman–Crippen LogP) is 2.88. The molecule has 1 unspecified atom stereocenters. The number of carbonyl (C=O) groups is 1. The largest absolute Gasteiger partial charge is 0.506 e. The van der Waals surface area contributed by atoms with E-state index in [4.69, 9.17) is 0 Å². The number of pyridine rings is 1. The number of benzene rings is 2. The average Bonchev–Trinajstić information content (AvgIpc) is 3.35. The summed E-state index contributed by atoms with van der Waals surface area (Å²) in [5.41, 5.74) is 0.282. The van der Waals surface area contributed by atoms with E-state index in [0.717, 1.165) is 16.9 Å². The average molecular weight is 553 g/mol. The van der Waals surface area contributed by atoms with Crippen molar-refractivity contribution in [2.45, 2.75) is 30.9 Å². The highest BCUT2D eigenvalue weighted by Crippen LogP contribution is 2.38. The van der Waals surface area contributed by atoms with Crippen LogP contribution in [0.2, 0.25) is 0 Å². The zero-order valence-corrected chi connectivity index (χ0v) is 21.8. The number of thiophene rings is 1. The number of carbonyl (C=O) groups excluding carboxylic acids is 1. The zero-order chi connectivity index (χ0) is 27.0.